The molecule has 0 bridgehead atoms. The minimum Gasteiger partial charge on any atom is -0.399 e. The molecule has 3 aromatic rings. The van der Waals surface area contributed by atoms with E-state index in [1.807, 2.05) is 42.5 Å². The van der Waals surface area contributed by atoms with E-state index in [4.69, 9.17) is 5.73 Å². The summed E-state index contributed by atoms with van der Waals surface area (Å²) in [6, 6.07) is 18.8. The molecule has 0 aliphatic heterocycles. The van der Waals surface area contributed by atoms with Gasteiger partial charge in [0, 0.05) is 23.7 Å². The van der Waals surface area contributed by atoms with Crippen LogP contribution in [0.4, 0.5) is 5.69 Å². The molecule has 0 saturated carbocycles. The van der Waals surface area contributed by atoms with Gasteiger partial charge in [0.25, 0.3) is 5.56 Å². The molecule has 0 radical (unpaired) electrons. The summed E-state index contributed by atoms with van der Waals surface area (Å²) in [4.78, 5) is 19.1. The third-order valence-electron chi connectivity index (χ3n) is 3.21. The van der Waals surface area contributed by atoms with Gasteiger partial charge in [0.05, 0.1) is 5.69 Å². The van der Waals surface area contributed by atoms with E-state index < -0.39 is 0 Å². The van der Waals surface area contributed by atoms with E-state index in [0.717, 1.165) is 11.1 Å². The van der Waals surface area contributed by atoms with Crippen LogP contribution in [0.3, 0.4) is 0 Å². The highest BCUT2D eigenvalue weighted by Crippen LogP contribution is 2.17. The van der Waals surface area contributed by atoms with E-state index in [1.54, 1.807) is 12.1 Å². The number of hydrogen-bond acceptors (Lipinski definition) is 3. The van der Waals surface area contributed by atoms with E-state index in [1.165, 1.54) is 6.07 Å². The summed E-state index contributed by atoms with van der Waals surface area (Å²) in [5.41, 5.74) is 8.86. The predicted octanol–water partition coefficient (Wildman–Crippen LogP) is 2.61. The Kier molecular flexibility index (Phi) is 3.51. The fourth-order valence-electron chi connectivity index (χ4n) is 2.18. The third-order valence-corrected chi connectivity index (χ3v) is 3.21. The number of aromatic amines is 1. The average Bonchev–Trinajstić information content (AvgIpc) is 2.48. The van der Waals surface area contributed by atoms with Crippen molar-refractivity contribution in [3.63, 3.8) is 0 Å². The van der Waals surface area contributed by atoms with Gasteiger partial charge in [-0.25, -0.2) is 4.98 Å². The van der Waals surface area contributed by atoms with Crippen molar-refractivity contribution in [2.24, 2.45) is 0 Å². The fraction of sp³-hybridized carbons (Fsp3) is 0.0588. The summed E-state index contributed by atoms with van der Waals surface area (Å²) in [7, 11) is 0. The summed E-state index contributed by atoms with van der Waals surface area (Å²) in [6.45, 7) is 0. The molecule has 3 rings (SSSR count). The van der Waals surface area contributed by atoms with E-state index >= 15 is 0 Å². The number of nitrogens with one attached hydrogen (secondary N) is 1. The Hall–Kier alpha value is -2.88. The average molecular weight is 277 g/mol. The zero-order chi connectivity index (χ0) is 14.7. The van der Waals surface area contributed by atoms with Crippen molar-refractivity contribution >= 4 is 5.69 Å². The molecule has 1 heterocycles. The number of rotatable bonds is 3. The lowest BCUT2D eigenvalue weighted by molar-refractivity contribution is 0.950. The molecule has 2 aromatic carbocycles. The highest BCUT2D eigenvalue weighted by molar-refractivity contribution is 5.61. The van der Waals surface area contributed by atoms with Crippen LogP contribution in [-0.4, -0.2) is 9.97 Å². The fourth-order valence-corrected chi connectivity index (χ4v) is 2.18. The highest BCUT2D eigenvalue weighted by Gasteiger charge is 2.05. The van der Waals surface area contributed by atoms with Gasteiger partial charge in [0.2, 0.25) is 0 Å². The maximum atomic E-state index is 11.8. The van der Waals surface area contributed by atoms with E-state index in [-0.39, 0.29) is 5.56 Å². The number of nitrogen functional groups attached to an aromatic ring is 1. The normalized spacial score (nSPS) is 10.5. The Morgan fingerprint density at radius 3 is 2.43 bits per heavy atom. The first-order chi connectivity index (χ1) is 10.2. The molecule has 0 aliphatic rings. The summed E-state index contributed by atoms with van der Waals surface area (Å²) < 4.78 is 0. The van der Waals surface area contributed by atoms with E-state index in [2.05, 4.69) is 9.97 Å². The van der Waals surface area contributed by atoms with Gasteiger partial charge >= 0.3 is 0 Å². The SMILES string of the molecule is Nc1ccc(-c2cc(=O)[nH]c(Cc3ccccc3)n2)cc1. The molecule has 0 atom stereocenters. The maximum absolute atomic E-state index is 11.8. The molecule has 0 spiro atoms. The zero-order valence-corrected chi connectivity index (χ0v) is 11.4. The largest absolute Gasteiger partial charge is 0.399 e. The lowest BCUT2D eigenvalue weighted by Gasteiger charge is -2.05. The lowest BCUT2D eigenvalue weighted by Crippen LogP contribution is -2.11. The van der Waals surface area contributed by atoms with Crippen LogP contribution in [0.2, 0.25) is 0 Å². The zero-order valence-electron chi connectivity index (χ0n) is 11.4. The van der Waals surface area contributed by atoms with Crippen LogP contribution in [0.5, 0.6) is 0 Å². The van der Waals surface area contributed by atoms with Crippen LogP contribution < -0.4 is 11.3 Å². The minimum atomic E-state index is -0.150. The Labute approximate surface area is 122 Å². The van der Waals surface area contributed by atoms with Gasteiger partial charge in [-0.1, -0.05) is 42.5 Å². The number of H-pyrrole nitrogens is 1. The Morgan fingerprint density at radius 2 is 1.71 bits per heavy atom. The molecule has 3 N–H and O–H groups in total. The molecule has 0 amide bonds. The number of aromatic nitrogens is 2. The summed E-state index contributed by atoms with van der Waals surface area (Å²) >= 11 is 0. The standard InChI is InChI=1S/C17H15N3O/c18-14-8-6-13(7-9-14)15-11-17(21)20-16(19-15)10-12-4-2-1-3-5-12/h1-9,11H,10,18H2,(H,19,20,21). The second kappa shape index (κ2) is 5.63. The topological polar surface area (TPSA) is 71.8 Å². The number of anilines is 1. The molecule has 21 heavy (non-hydrogen) atoms. The smallest absolute Gasteiger partial charge is 0.251 e. The van der Waals surface area contributed by atoms with Gasteiger partial charge in [-0.2, -0.15) is 0 Å². The molecule has 0 unspecified atom stereocenters. The number of hydrogen-bond donors (Lipinski definition) is 2. The van der Waals surface area contributed by atoms with Gasteiger partial charge in [-0.15, -0.1) is 0 Å². The van der Waals surface area contributed by atoms with Crippen molar-refractivity contribution in [3.8, 4) is 11.3 Å². The van der Waals surface area contributed by atoms with Crippen LogP contribution in [0.25, 0.3) is 11.3 Å². The second-order valence-corrected chi connectivity index (χ2v) is 4.86. The van der Waals surface area contributed by atoms with Crippen molar-refractivity contribution in [2.75, 3.05) is 5.73 Å². The minimum absolute atomic E-state index is 0.150. The van der Waals surface area contributed by atoms with Crippen LogP contribution in [0.1, 0.15) is 11.4 Å². The van der Waals surface area contributed by atoms with Crippen molar-refractivity contribution in [1.82, 2.24) is 9.97 Å². The highest BCUT2D eigenvalue weighted by atomic mass is 16.1. The van der Waals surface area contributed by atoms with Gasteiger partial charge in [-0.3, -0.25) is 4.79 Å². The molecule has 0 fully saturated rings. The first-order valence-corrected chi connectivity index (χ1v) is 6.71. The number of benzene rings is 2. The second-order valence-electron chi connectivity index (χ2n) is 4.86. The lowest BCUT2D eigenvalue weighted by atomic mass is 10.1. The molecule has 4 heteroatoms. The Morgan fingerprint density at radius 1 is 1.00 bits per heavy atom. The van der Waals surface area contributed by atoms with Crippen LogP contribution in [0, 0.1) is 0 Å². The maximum Gasteiger partial charge on any atom is 0.251 e. The van der Waals surface area contributed by atoms with Crippen molar-refractivity contribution < 1.29 is 0 Å². The van der Waals surface area contributed by atoms with Gasteiger partial charge in [0.15, 0.2) is 0 Å². The molecule has 1 aromatic heterocycles. The van der Waals surface area contributed by atoms with Gasteiger partial charge < -0.3 is 10.7 Å². The van der Waals surface area contributed by atoms with Crippen molar-refractivity contribution in [3.05, 3.63) is 82.4 Å². The van der Waals surface area contributed by atoms with Crippen molar-refractivity contribution in [2.45, 2.75) is 6.42 Å². The predicted molar refractivity (Wildman–Crippen MR) is 84.0 cm³/mol. The summed E-state index contributed by atoms with van der Waals surface area (Å²) in [5.74, 6) is 0.653. The molecule has 104 valence electrons. The molecule has 4 nitrogen and oxygen atoms in total. The molecular weight excluding hydrogens is 262 g/mol. The molecule has 0 aliphatic carbocycles. The first-order valence-electron chi connectivity index (χ1n) is 6.71. The quantitative estimate of drug-likeness (QED) is 0.723. The van der Waals surface area contributed by atoms with Crippen LogP contribution in [0.15, 0.2) is 65.5 Å². The Bertz CT molecular complexity index is 792. The monoisotopic (exact) mass is 277 g/mol. The van der Waals surface area contributed by atoms with E-state index in [0.29, 0.717) is 23.6 Å². The van der Waals surface area contributed by atoms with Crippen LogP contribution in [-0.2, 0) is 6.42 Å². The molecule has 0 saturated heterocycles. The van der Waals surface area contributed by atoms with Gasteiger partial charge in [-0.05, 0) is 17.7 Å². The third kappa shape index (κ3) is 3.17. The number of nitrogens with zero attached hydrogens (tertiary/aromatic N) is 1. The molecular formula is C17H15N3O. The van der Waals surface area contributed by atoms with Gasteiger partial charge in [0.1, 0.15) is 5.82 Å². The first kappa shape index (κ1) is 13.1. The summed E-state index contributed by atoms with van der Waals surface area (Å²) in [5, 5.41) is 0. The van der Waals surface area contributed by atoms with Crippen LogP contribution >= 0.6 is 0 Å². The number of nitrogens with two attached hydrogens (primary N) is 1. The van der Waals surface area contributed by atoms with E-state index in [9.17, 15) is 4.79 Å². The van der Waals surface area contributed by atoms with Crippen molar-refractivity contribution in [1.29, 1.82) is 0 Å². The summed E-state index contributed by atoms with van der Waals surface area (Å²) in [6.07, 6.45) is 0.596. The Balaban J connectivity index is 1.96.